The van der Waals surface area contributed by atoms with Crippen LogP contribution in [-0.2, 0) is 3.53 Å². The standard InChI is InChI=1S/C3H7O.2CH3.Ga/c1-2-3-4;;;/h2-3H2,1H3;2*1H3;/q-1;;;+1. The molecule has 0 aromatic heterocycles. The second-order valence-electron chi connectivity index (χ2n) is 1.92. The summed E-state index contributed by atoms with van der Waals surface area (Å²) in [6, 6.07) is 0. The zero-order valence-corrected chi connectivity index (χ0v) is 7.82. The summed E-state index contributed by atoms with van der Waals surface area (Å²) in [5, 5.41) is 0. The molecule has 0 aromatic rings. The van der Waals surface area contributed by atoms with Crippen LogP contribution in [0.3, 0.4) is 0 Å². The normalized spacial score (nSPS) is 9.00. The van der Waals surface area contributed by atoms with Crippen molar-refractivity contribution in [1.82, 2.24) is 0 Å². The van der Waals surface area contributed by atoms with E-state index in [0.717, 1.165) is 6.61 Å². The summed E-state index contributed by atoms with van der Waals surface area (Å²) in [5.74, 6) is 0. The molecule has 0 radical (unpaired) electrons. The zero-order chi connectivity index (χ0) is 5.70. The Hall–Kier alpha value is 0.596. The Kier molecular flexibility index (Phi) is 5.15. The minimum atomic E-state index is -1.07. The Balaban J connectivity index is 2.68. The van der Waals surface area contributed by atoms with Gasteiger partial charge in [0.15, 0.2) is 0 Å². The van der Waals surface area contributed by atoms with Crippen LogP contribution in [0.15, 0.2) is 0 Å². The average molecular weight is 159 g/mol. The average Bonchev–Trinajstić information content (AvgIpc) is 1.61. The van der Waals surface area contributed by atoms with Crippen molar-refractivity contribution in [3.05, 3.63) is 0 Å². The molecule has 0 amide bonds. The van der Waals surface area contributed by atoms with Crippen LogP contribution < -0.4 is 0 Å². The predicted molar refractivity (Wildman–Crippen MR) is 33.7 cm³/mol. The van der Waals surface area contributed by atoms with E-state index in [1.54, 1.807) is 0 Å². The first-order chi connectivity index (χ1) is 3.27. The summed E-state index contributed by atoms with van der Waals surface area (Å²) < 4.78 is 5.38. The summed E-state index contributed by atoms with van der Waals surface area (Å²) in [6.07, 6.45) is 1.17. The number of rotatable bonds is 3. The molecule has 0 spiro atoms. The van der Waals surface area contributed by atoms with Crippen molar-refractivity contribution in [2.24, 2.45) is 0 Å². The predicted octanol–water partition coefficient (Wildman–Crippen LogP) is 1.66. The van der Waals surface area contributed by atoms with Gasteiger partial charge in [-0.2, -0.15) is 0 Å². The van der Waals surface area contributed by atoms with Crippen LogP contribution in [0.25, 0.3) is 0 Å². The van der Waals surface area contributed by atoms with Gasteiger partial charge in [0.1, 0.15) is 0 Å². The van der Waals surface area contributed by atoms with Gasteiger partial charge in [0, 0.05) is 0 Å². The molecule has 0 rings (SSSR count). The number of hydrogen-bond donors (Lipinski definition) is 0. The molecule has 0 aliphatic carbocycles. The van der Waals surface area contributed by atoms with Gasteiger partial charge in [-0.25, -0.2) is 0 Å². The third-order valence-corrected chi connectivity index (χ3v) is 2.55. The Labute approximate surface area is 51.5 Å². The molecule has 0 saturated carbocycles. The Morgan fingerprint density at radius 3 is 2.14 bits per heavy atom. The van der Waals surface area contributed by atoms with Crippen molar-refractivity contribution in [1.29, 1.82) is 0 Å². The molecule has 0 unspecified atom stereocenters. The fourth-order valence-corrected chi connectivity index (χ4v) is 1.84. The van der Waals surface area contributed by atoms with Crippen molar-refractivity contribution in [2.75, 3.05) is 6.61 Å². The van der Waals surface area contributed by atoms with E-state index in [1.165, 1.54) is 6.42 Å². The molecule has 0 atom stereocenters. The van der Waals surface area contributed by atoms with Crippen molar-refractivity contribution >= 4 is 16.6 Å². The maximum atomic E-state index is 5.38. The van der Waals surface area contributed by atoms with Crippen LogP contribution in [0, 0.1) is 0 Å². The molecule has 1 nitrogen and oxygen atoms in total. The van der Waals surface area contributed by atoms with Crippen molar-refractivity contribution in [3.63, 3.8) is 0 Å². The molecule has 0 aromatic carbocycles. The first kappa shape index (κ1) is 7.60. The van der Waals surface area contributed by atoms with E-state index in [0.29, 0.717) is 0 Å². The zero-order valence-electron chi connectivity index (χ0n) is 5.40. The van der Waals surface area contributed by atoms with Gasteiger partial charge in [0.05, 0.1) is 0 Å². The monoisotopic (exact) mass is 158 g/mol. The SMILES string of the molecule is CCC[O][Ga]([CH3])[CH3]. The van der Waals surface area contributed by atoms with Gasteiger partial charge >= 0.3 is 51.0 Å². The second-order valence-corrected chi connectivity index (χ2v) is 7.02. The molecule has 2 heteroatoms. The molecule has 7 heavy (non-hydrogen) atoms. The van der Waals surface area contributed by atoms with E-state index in [2.05, 4.69) is 17.9 Å². The Bertz CT molecular complexity index is 37.1. The van der Waals surface area contributed by atoms with Crippen LogP contribution in [0.2, 0.25) is 11.0 Å². The molecule has 0 aliphatic heterocycles. The summed E-state index contributed by atoms with van der Waals surface area (Å²) >= 11 is -1.07. The molecule has 0 saturated heterocycles. The summed E-state index contributed by atoms with van der Waals surface area (Å²) in [7, 11) is 0. The van der Waals surface area contributed by atoms with Gasteiger partial charge in [-0.15, -0.1) is 0 Å². The van der Waals surface area contributed by atoms with E-state index in [-0.39, 0.29) is 0 Å². The third kappa shape index (κ3) is 6.60. The molecule has 0 aliphatic rings. The van der Waals surface area contributed by atoms with Crippen molar-refractivity contribution in [3.8, 4) is 0 Å². The summed E-state index contributed by atoms with van der Waals surface area (Å²) in [4.78, 5) is 0. The van der Waals surface area contributed by atoms with Gasteiger partial charge in [0.25, 0.3) is 0 Å². The quantitative estimate of drug-likeness (QED) is 0.569. The third-order valence-electron chi connectivity index (χ3n) is 0.655. The fraction of sp³-hybridized carbons (Fsp3) is 1.00. The molecule has 0 bridgehead atoms. The van der Waals surface area contributed by atoms with E-state index in [1.807, 2.05) is 0 Å². The van der Waals surface area contributed by atoms with Gasteiger partial charge in [-0.1, -0.05) is 0 Å². The van der Waals surface area contributed by atoms with E-state index >= 15 is 0 Å². The van der Waals surface area contributed by atoms with E-state index in [9.17, 15) is 0 Å². The summed E-state index contributed by atoms with van der Waals surface area (Å²) in [5.41, 5.74) is 4.48. The molecule has 0 N–H and O–H groups in total. The first-order valence-corrected chi connectivity index (χ1v) is 8.72. The fourth-order valence-electron chi connectivity index (χ4n) is 0.354. The van der Waals surface area contributed by atoms with Gasteiger partial charge in [-0.3, -0.25) is 0 Å². The minimum absolute atomic E-state index is 0.984. The van der Waals surface area contributed by atoms with Crippen molar-refractivity contribution < 1.29 is 3.53 Å². The van der Waals surface area contributed by atoms with Crippen LogP contribution in [0.4, 0.5) is 0 Å². The van der Waals surface area contributed by atoms with Crippen LogP contribution in [0.1, 0.15) is 13.3 Å². The topological polar surface area (TPSA) is 9.23 Å². The Morgan fingerprint density at radius 2 is 2.00 bits per heavy atom. The molecular weight excluding hydrogens is 146 g/mol. The van der Waals surface area contributed by atoms with Gasteiger partial charge < -0.3 is 0 Å². The molecule has 42 valence electrons. The molecular formula is C5H13GaO. The number of hydrogen-bond acceptors (Lipinski definition) is 1. The summed E-state index contributed by atoms with van der Waals surface area (Å²) in [6.45, 7) is 3.13. The maximum absolute atomic E-state index is 5.38. The Morgan fingerprint density at radius 1 is 1.43 bits per heavy atom. The van der Waals surface area contributed by atoms with Crippen LogP contribution >= 0.6 is 0 Å². The van der Waals surface area contributed by atoms with Crippen LogP contribution in [-0.4, -0.2) is 23.2 Å². The molecule has 0 heterocycles. The van der Waals surface area contributed by atoms with Crippen LogP contribution in [0.5, 0.6) is 0 Å². The van der Waals surface area contributed by atoms with Gasteiger partial charge in [0.2, 0.25) is 0 Å². The van der Waals surface area contributed by atoms with Crippen molar-refractivity contribution in [2.45, 2.75) is 24.3 Å². The first-order valence-electron chi connectivity index (χ1n) is 2.89. The molecule has 0 fully saturated rings. The van der Waals surface area contributed by atoms with E-state index in [4.69, 9.17) is 3.53 Å². The van der Waals surface area contributed by atoms with E-state index < -0.39 is 16.6 Å². The van der Waals surface area contributed by atoms with Gasteiger partial charge in [-0.05, 0) is 0 Å². The second kappa shape index (κ2) is 4.75.